The average molecular weight is 364 g/mol. The fraction of sp³-hybridized carbons (Fsp3) is 0. The zero-order valence-electron chi connectivity index (χ0n) is 7.84. The molecule has 0 unspecified atom stereocenters. The molecule has 1 heterocycles. The Labute approximate surface area is 113 Å². The van der Waals surface area contributed by atoms with E-state index in [4.69, 9.17) is 0 Å². The quantitative estimate of drug-likeness (QED) is 0.710. The molecule has 0 aliphatic carbocycles. The van der Waals surface area contributed by atoms with Crippen LogP contribution in [0.2, 0.25) is 0 Å². The summed E-state index contributed by atoms with van der Waals surface area (Å²) in [4.78, 5) is 12.1. The number of benzene rings is 1. The summed E-state index contributed by atoms with van der Waals surface area (Å²) >= 11 is 7.79. The summed E-state index contributed by atoms with van der Waals surface area (Å²) in [5.74, 6) is -0.628. The van der Waals surface area contributed by atoms with E-state index in [0.717, 1.165) is 4.47 Å². The zero-order valence-corrected chi connectivity index (χ0v) is 11.8. The van der Waals surface area contributed by atoms with Gasteiger partial charge in [-0.15, -0.1) is 0 Å². The fourth-order valence-corrected chi connectivity index (χ4v) is 3.17. The van der Waals surface area contributed by atoms with Crippen LogP contribution in [0.5, 0.6) is 0 Å². The van der Waals surface area contributed by atoms with E-state index in [2.05, 4.69) is 31.9 Å². The number of hydrogen-bond acceptors (Lipinski definition) is 2. The maximum atomic E-state index is 13.3. The molecule has 1 aromatic heterocycles. The van der Waals surface area contributed by atoms with E-state index < -0.39 is 5.82 Å². The van der Waals surface area contributed by atoms with Gasteiger partial charge in [-0.1, -0.05) is 6.07 Å². The molecule has 0 aliphatic rings. The van der Waals surface area contributed by atoms with Crippen molar-refractivity contribution < 1.29 is 9.18 Å². The molecule has 0 amide bonds. The summed E-state index contributed by atoms with van der Waals surface area (Å²) in [6.45, 7) is 0. The average Bonchev–Trinajstić information content (AvgIpc) is 2.68. The van der Waals surface area contributed by atoms with Gasteiger partial charge in [0.2, 0.25) is 0 Å². The van der Waals surface area contributed by atoms with Crippen LogP contribution in [0.3, 0.4) is 0 Å². The van der Waals surface area contributed by atoms with Crippen molar-refractivity contribution in [1.29, 1.82) is 0 Å². The molecule has 0 saturated carbocycles. The van der Waals surface area contributed by atoms with Crippen LogP contribution in [0.1, 0.15) is 15.9 Å². The van der Waals surface area contributed by atoms with Gasteiger partial charge in [0, 0.05) is 26.4 Å². The Balaban J connectivity index is 2.50. The minimum Gasteiger partial charge on any atom is -0.288 e. The van der Waals surface area contributed by atoms with E-state index in [1.807, 2.05) is 5.38 Å². The lowest BCUT2D eigenvalue weighted by Gasteiger charge is -2.03. The molecule has 16 heavy (non-hydrogen) atoms. The van der Waals surface area contributed by atoms with Crippen LogP contribution in [-0.4, -0.2) is 5.78 Å². The minimum absolute atomic E-state index is 0.195. The van der Waals surface area contributed by atoms with E-state index in [9.17, 15) is 9.18 Å². The van der Waals surface area contributed by atoms with Crippen molar-refractivity contribution in [1.82, 2.24) is 0 Å². The number of carbonyl (C=O) groups excluding carboxylic acids is 1. The summed E-state index contributed by atoms with van der Waals surface area (Å²) in [6, 6.07) is 4.43. The Bertz CT molecular complexity index is 551. The van der Waals surface area contributed by atoms with Gasteiger partial charge in [0.25, 0.3) is 0 Å². The normalized spacial score (nSPS) is 10.4. The fourth-order valence-electron chi connectivity index (χ4n) is 1.27. The summed E-state index contributed by atoms with van der Waals surface area (Å²) in [5.41, 5.74) is 0.885. The summed E-state index contributed by atoms with van der Waals surface area (Å²) in [5, 5.41) is 3.56. The highest BCUT2D eigenvalue weighted by molar-refractivity contribution is 9.11. The van der Waals surface area contributed by atoms with E-state index in [1.165, 1.54) is 23.5 Å². The smallest absolute Gasteiger partial charge is 0.196 e. The first kappa shape index (κ1) is 12.0. The lowest BCUT2D eigenvalue weighted by molar-refractivity contribution is 0.103. The van der Waals surface area contributed by atoms with Gasteiger partial charge in [-0.2, -0.15) is 11.3 Å². The predicted molar refractivity (Wildman–Crippen MR) is 69.6 cm³/mol. The Morgan fingerprint density at radius 2 is 1.94 bits per heavy atom. The molecule has 2 aromatic rings. The third-order valence-corrected chi connectivity index (χ3v) is 4.56. The highest BCUT2D eigenvalue weighted by atomic mass is 79.9. The number of thiophene rings is 1. The molecule has 0 spiro atoms. The molecule has 0 N–H and O–H groups in total. The minimum atomic E-state index is -0.433. The number of carbonyl (C=O) groups is 1. The molecule has 0 radical (unpaired) electrons. The van der Waals surface area contributed by atoms with Gasteiger partial charge in [-0.05, 0) is 44.0 Å². The van der Waals surface area contributed by atoms with Gasteiger partial charge in [-0.25, -0.2) is 4.39 Å². The predicted octanol–water partition coefficient (Wildman–Crippen LogP) is 4.64. The van der Waals surface area contributed by atoms with E-state index in [-0.39, 0.29) is 10.3 Å². The number of hydrogen-bond donors (Lipinski definition) is 0. The monoisotopic (exact) mass is 362 g/mol. The zero-order chi connectivity index (χ0) is 11.7. The maximum Gasteiger partial charge on any atom is 0.196 e. The molecule has 5 heteroatoms. The van der Waals surface area contributed by atoms with Crippen molar-refractivity contribution in [3.8, 4) is 0 Å². The van der Waals surface area contributed by atoms with Crippen LogP contribution >= 0.6 is 43.2 Å². The van der Waals surface area contributed by atoms with Crippen LogP contribution in [0.4, 0.5) is 4.39 Å². The second kappa shape index (κ2) is 4.77. The van der Waals surface area contributed by atoms with Gasteiger partial charge in [0.1, 0.15) is 5.82 Å². The number of rotatable bonds is 2. The highest BCUT2D eigenvalue weighted by Gasteiger charge is 2.17. The van der Waals surface area contributed by atoms with Gasteiger partial charge in [-0.3, -0.25) is 4.79 Å². The molecule has 1 aromatic carbocycles. The standard InChI is InChI=1S/C11H5Br2FOS/c12-8-5-16-4-7(8)11(15)6-2-1-3-9(14)10(6)13/h1-5H. The van der Waals surface area contributed by atoms with E-state index >= 15 is 0 Å². The molecular weight excluding hydrogens is 359 g/mol. The lowest BCUT2D eigenvalue weighted by atomic mass is 10.1. The number of halogens is 3. The molecular formula is C11H5Br2FOS. The summed E-state index contributed by atoms with van der Waals surface area (Å²) in [6.07, 6.45) is 0. The molecule has 0 atom stereocenters. The number of ketones is 1. The summed E-state index contributed by atoms with van der Waals surface area (Å²) in [7, 11) is 0. The molecule has 0 fully saturated rings. The first-order valence-electron chi connectivity index (χ1n) is 4.31. The summed E-state index contributed by atoms with van der Waals surface area (Å²) < 4.78 is 14.2. The largest absolute Gasteiger partial charge is 0.288 e. The van der Waals surface area contributed by atoms with Crippen LogP contribution in [0.25, 0.3) is 0 Å². The molecule has 0 bridgehead atoms. The first-order valence-corrected chi connectivity index (χ1v) is 6.84. The van der Waals surface area contributed by atoms with Crippen molar-refractivity contribution in [2.75, 3.05) is 0 Å². The van der Waals surface area contributed by atoms with E-state index in [0.29, 0.717) is 11.1 Å². The lowest BCUT2D eigenvalue weighted by Crippen LogP contribution is -2.02. The topological polar surface area (TPSA) is 17.1 Å². The van der Waals surface area contributed by atoms with Gasteiger partial charge < -0.3 is 0 Å². The second-order valence-electron chi connectivity index (χ2n) is 3.06. The van der Waals surface area contributed by atoms with Crippen LogP contribution in [0.15, 0.2) is 37.9 Å². The highest BCUT2D eigenvalue weighted by Crippen LogP contribution is 2.28. The maximum absolute atomic E-state index is 13.3. The van der Waals surface area contributed by atoms with E-state index in [1.54, 1.807) is 11.4 Å². The Morgan fingerprint density at radius 1 is 1.19 bits per heavy atom. The SMILES string of the molecule is O=C(c1cscc1Br)c1cccc(F)c1Br. The molecule has 0 saturated heterocycles. The van der Waals surface area contributed by atoms with Crippen LogP contribution in [0, 0.1) is 5.82 Å². The Hall–Kier alpha value is -0.520. The molecule has 0 aliphatic heterocycles. The molecule has 1 nitrogen and oxygen atoms in total. The third kappa shape index (κ3) is 2.12. The molecule has 82 valence electrons. The van der Waals surface area contributed by atoms with Gasteiger partial charge in [0.05, 0.1) is 4.47 Å². The van der Waals surface area contributed by atoms with Gasteiger partial charge in [0.15, 0.2) is 5.78 Å². The Kier molecular flexibility index (Phi) is 3.56. The van der Waals surface area contributed by atoms with Crippen molar-refractivity contribution >= 4 is 49.0 Å². The van der Waals surface area contributed by atoms with Crippen LogP contribution < -0.4 is 0 Å². The van der Waals surface area contributed by atoms with Crippen LogP contribution in [-0.2, 0) is 0 Å². The Morgan fingerprint density at radius 3 is 2.56 bits per heavy atom. The first-order chi connectivity index (χ1) is 7.61. The van der Waals surface area contributed by atoms with Crippen molar-refractivity contribution in [3.05, 3.63) is 54.8 Å². The van der Waals surface area contributed by atoms with Crippen molar-refractivity contribution in [2.24, 2.45) is 0 Å². The molecule has 2 rings (SSSR count). The van der Waals surface area contributed by atoms with Crippen molar-refractivity contribution in [3.63, 3.8) is 0 Å². The second-order valence-corrected chi connectivity index (χ2v) is 5.45. The van der Waals surface area contributed by atoms with Gasteiger partial charge >= 0.3 is 0 Å². The van der Waals surface area contributed by atoms with Crippen molar-refractivity contribution in [2.45, 2.75) is 0 Å². The third-order valence-electron chi connectivity index (χ3n) is 2.06.